The minimum absolute atomic E-state index is 0.0778. The summed E-state index contributed by atoms with van der Waals surface area (Å²) in [6.45, 7) is 3.37. The number of sulfonamides is 1. The maximum atomic E-state index is 13.3. The largest absolute Gasteiger partial charge is 0.495 e. The first-order valence-electron chi connectivity index (χ1n) is 15.1. The van der Waals surface area contributed by atoms with Crippen molar-refractivity contribution in [3.05, 3.63) is 58.7 Å². The van der Waals surface area contributed by atoms with Gasteiger partial charge in [-0.25, -0.2) is 18.4 Å². The predicted molar refractivity (Wildman–Crippen MR) is 173 cm³/mol. The Kier molecular flexibility index (Phi) is 12.7. The molecule has 1 saturated heterocycles. The average molecular weight is 667 g/mol. The summed E-state index contributed by atoms with van der Waals surface area (Å²) in [6.07, 6.45) is 11.6. The van der Waals surface area contributed by atoms with E-state index in [1.807, 2.05) is 17.0 Å². The second kappa shape index (κ2) is 16.4. The molecule has 0 radical (unpaired) electrons. The van der Waals surface area contributed by atoms with E-state index in [0.717, 1.165) is 31.2 Å². The number of anilines is 1. The Labute approximate surface area is 270 Å². The molecule has 2 aromatic heterocycles. The normalized spacial score (nSPS) is 15.8. The van der Waals surface area contributed by atoms with E-state index in [1.165, 1.54) is 10.7 Å². The number of benzene rings is 1. The number of hydrogen-bond acceptors (Lipinski definition) is 8. The first-order valence-corrected chi connectivity index (χ1v) is 17.4. The number of imidazole rings is 1. The van der Waals surface area contributed by atoms with Crippen molar-refractivity contribution in [1.29, 1.82) is 0 Å². The molecule has 240 valence electrons. The maximum absolute atomic E-state index is 13.3. The Morgan fingerprint density at radius 1 is 1.09 bits per heavy atom. The number of carbonyl (C=O) groups is 1. The fourth-order valence-electron chi connectivity index (χ4n) is 5.28. The predicted octanol–water partition coefficient (Wildman–Crippen LogP) is 4.91. The van der Waals surface area contributed by atoms with Gasteiger partial charge in [-0.1, -0.05) is 68.3 Å². The molecule has 4 rings (SSSR count). The number of amides is 1. The second-order valence-corrected chi connectivity index (χ2v) is 13.8. The summed E-state index contributed by atoms with van der Waals surface area (Å²) in [4.78, 5) is 28.2. The van der Waals surface area contributed by atoms with Gasteiger partial charge in [-0.15, -0.1) is 0 Å². The van der Waals surface area contributed by atoms with Gasteiger partial charge in [0, 0.05) is 51.1 Å². The molecule has 1 aromatic carbocycles. The minimum Gasteiger partial charge on any atom is -0.495 e. The fraction of sp³-hybridized carbons (Fsp3) is 0.533. The Balaban J connectivity index is 1.45. The molecule has 1 N–H and O–H groups in total. The summed E-state index contributed by atoms with van der Waals surface area (Å²) in [5.41, 5.74) is 0.963. The van der Waals surface area contributed by atoms with Gasteiger partial charge in [0.25, 0.3) is 0 Å². The highest BCUT2D eigenvalue weighted by Gasteiger charge is 2.35. The van der Waals surface area contributed by atoms with Gasteiger partial charge < -0.3 is 15.0 Å². The second-order valence-electron chi connectivity index (χ2n) is 10.9. The number of carbonyl (C=O) groups excluding carboxylic acids is 1. The summed E-state index contributed by atoms with van der Waals surface area (Å²) >= 11 is 12.6. The first kappa shape index (κ1) is 34.0. The number of halogens is 2. The van der Waals surface area contributed by atoms with Gasteiger partial charge >= 0.3 is 0 Å². The third-order valence-corrected chi connectivity index (χ3v) is 10.1. The van der Waals surface area contributed by atoms with Gasteiger partial charge in [-0.05, 0) is 30.5 Å². The van der Waals surface area contributed by atoms with Crippen LogP contribution < -0.4 is 15.0 Å². The molecular formula is C30H41Cl2N7O4S. The van der Waals surface area contributed by atoms with Crippen molar-refractivity contribution in [2.45, 2.75) is 64.3 Å². The van der Waals surface area contributed by atoms with E-state index >= 15 is 0 Å². The third-order valence-electron chi connectivity index (χ3n) is 7.67. The average Bonchev–Trinajstić information content (AvgIpc) is 3.54. The SMILES string of the molecule is CCCCCCCCS(=O)(=O)N1CCN(c2cc(Cl)nc(-n3ccnc3)n2)C(CC(=O)NCCc2ccc(OC)c(Cl)c2)C1. The van der Waals surface area contributed by atoms with Crippen molar-refractivity contribution >= 4 is 45.0 Å². The van der Waals surface area contributed by atoms with Crippen molar-refractivity contribution in [2.24, 2.45) is 0 Å². The van der Waals surface area contributed by atoms with E-state index in [0.29, 0.717) is 48.5 Å². The van der Waals surface area contributed by atoms with Crippen LogP contribution in [0.5, 0.6) is 5.75 Å². The van der Waals surface area contributed by atoms with Crippen molar-refractivity contribution in [3.8, 4) is 11.7 Å². The van der Waals surface area contributed by atoms with Crippen molar-refractivity contribution in [3.63, 3.8) is 0 Å². The highest BCUT2D eigenvalue weighted by atomic mass is 35.5. The third kappa shape index (κ3) is 9.53. The number of ether oxygens (including phenoxy) is 1. The monoisotopic (exact) mass is 665 g/mol. The summed E-state index contributed by atoms with van der Waals surface area (Å²) in [6, 6.07) is 6.70. The molecule has 11 nitrogen and oxygen atoms in total. The lowest BCUT2D eigenvalue weighted by atomic mass is 10.1. The van der Waals surface area contributed by atoms with E-state index < -0.39 is 16.1 Å². The molecule has 0 aliphatic carbocycles. The van der Waals surface area contributed by atoms with Gasteiger partial charge in [0.1, 0.15) is 23.0 Å². The van der Waals surface area contributed by atoms with E-state index in [-0.39, 0.29) is 36.3 Å². The van der Waals surface area contributed by atoms with E-state index in [4.69, 9.17) is 27.9 Å². The zero-order valence-corrected chi connectivity index (χ0v) is 27.6. The van der Waals surface area contributed by atoms with Crippen LogP contribution >= 0.6 is 23.2 Å². The summed E-state index contributed by atoms with van der Waals surface area (Å²) in [5.74, 6) is 1.36. The van der Waals surface area contributed by atoms with Gasteiger partial charge in [-0.2, -0.15) is 9.29 Å². The molecule has 1 unspecified atom stereocenters. The highest BCUT2D eigenvalue weighted by molar-refractivity contribution is 7.89. The van der Waals surface area contributed by atoms with Crippen LogP contribution in [0, 0.1) is 0 Å². The minimum atomic E-state index is -3.48. The molecule has 3 heterocycles. The Morgan fingerprint density at radius 3 is 2.61 bits per heavy atom. The Hall–Kier alpha value is -2.93. The molecule has 3 aromatic rings. The lowest BCUT2D eigenvalue weighted by molar-refractivity contribution is -0.121. The summed E-state index contributed by atoms with van der Waals surface area (Å²) < 4.78 is 35.1. The molecule has 0 saturated carbocycles. The van der Waals surface area contributed by atoms with E-state index in [9.17, 15) is 13.2 Å². The lowest BCUT2D eigenvalue weighted by Gasteiger charge is -2.41. The van der Waals surface area contributed by atoms with E-state index in [1.54, 1.807) is 42.5 Å². The van der Waals surface area contributed by atoms with Crippen LogP contribution in [-0.4, -0.2) is 83.2 Å². The molecule has 1 atom stereocenters. The standard InChI is InChI=1S/C30H41Cl2N7O4S/c1-3-4-5-6-7-8-17-44(41,42)38-15-16-39(28-20-27(32)35-30(36-28)37-14-13-33-22-37)24(21-38)19-29(40)34-12-11-23-9-10-26(43-2)25(31)18-23/h9-10,13-14,18,20,22,24H,3-8,11-12,15-17,19,21H2,1-2H3,(H,34,40). The molecule has 0 bridgehead atoms. The number of piperazine rings is 1. The molecular weight excluding hydrogens is 625 g/mol. The number of unbranched alkanes of at least 4 members (excludes halogenated alkanes) is 5. The van der Waals surface area contributed by atoms with Gasteiger partial charge in [0.2, 0.25) is 21.9 Å². The van der Waals surface area contributed by atoms with Crippen LogP contribution in [0.25, 0.3) is 5.95 Å². The van der Waals surface area contributed by atoms with Crippen molar-refractivity contribution in [1.82, 2.24) is 29.1 Å². The number of rotatable bonds is 16. The van der Waals surface area contributed by atoms with Gasteiger partial charge in [0.15, 0.2) is 0 Å². The Bertz CT molecular complexity index is 1470. The van der Waals surface area contributed by atoms with Crippen LogP contribution in [0.1, 0.15) is 57.4 Å². The zero-order chi connectivity index (χ0) is 31.5. The van der Waals surface area contributed by atoms with Crippen LogP contribution in [-0.2, 0) is 21.2 Å². The van der Waals surface area contributed by atoms with Gasteiger partial charge in [0.05, 0.1) is 23.9 Å². The van der Waals surface area contributed by atoms with Crippen LogP contribution in [0.15, 0.2) is 43.0 Å². The first-order chi connectivity index (χ1) is 21.2. The number of nitrogens with one attached hydrogen (secondary N) is 1. The quantitative estimate of drug-likeness (QED) is 0.169. The maximum Gasteiger partial charge on any atom is 0.238 e. The molecule has 1 aliphatic heterocycles. The van der Waals surface area contributed by atoms with E-state index in [2.05, 4.69) is 27.2 Å². The smallest absolute Gasteiger partial charge is 0.238 e. The summed E-state index contributed by atoms with van der Waals surface area (Å²) in [7, 11) is -1.92. The van der Waals surface area contributed by atoms with Crippen LogP contribution in [0.4, 0.5) is 5.82 Å². The fourth-order valence-corrected chi connectivity index (χ4v) is 7.32. The van der Waals surface area contributed by atoms with Crippen molar-refractivity contribution in [2.75, 3.05) is 43.9 Å². The topological polar surface area (TPSA) is 123 Å². The van der Waals surface area contributed by atoms with Crippen molar-refractivity contribution < 1.29 is 17.9 Å². The highest BCUT2D eigenvalue weighted by Crippen LogP contribution is 2.27. The zero-order valence-electron chi connectivity index (χ0n) is 25.3. The molecule has 1 amide bonds. The Morgan fingerprint density at radius 2 is 1.89 bits per heavy atom. The molecule has 44 heavy (non-hydrogen) atoms. The summed E-state index contributed by atoms with van der Waals surface area (Å²) in [5, 5.41) is 3.72. The lowest BCUT2D eigenvalue weighted by Crippen LogP contribution is -2.56. The van der Waals surface area contributed by atoms with Crippen LogP contribution in [0.2, 0.25) is 10.2 Å². The van der Waals surface area contributed by atoms with Gasteiger partial charge in [-0.3, -0.25) is 9.36 Å². The number of aromatic nitrogens is 4. The number of nitrogens with zero attached hydrogens (tertiary/aromatic N) is 6. The number of methoxy groups -OCH3 is 1. The van der Waals surface area contributed by atoms with Crippen LogP contribution in [0.3, 0.4) is 0 Å². The molecule has 1 fully saturated rings. The molecule has 0 spiro atoms. The number of hydrogen-bond donors (Lipinski definition) is 1. The molecule has 14 heteroatoms. The molecule has 1 aliphatic rings.